The molecule has 0 radical (unpaired) electrons. The molecule has 0 aliphatic carbocycles. The quantitative estimate of drug-likeness (QED) is 0.125. The summed E-state index contributed by atoms with van der Waals surface area (Å²) in [6.07, 6.45) is 1.26. The van der Waals surface area contributed by atoms with Gasteiger partial charge in [-0.2, -0.15) is 18.2 Å². The Balaban J connectivity index is 1.73. The molecule has 13 nitrogen and oxygen atoms in total. The number of amides is 1. The second kappa shape index (κ2) is 13.5. The molecule has 2 N–H and O–H groups in total. The number of non-ortho nitro benzene ring substituents is 1. The molecule has 1 atom stereocenters. The lowest BCUT2D eigenvalue weighted by atomic mass is 10.1. The Labute approximate surface area is 243 Å². The largest absolute Gasteiger partial charge is 0.490 e. The summed E-state index contributed by atoms with van der Waals surface area (Å²) in [4.78, 5) is 22.7. The van der Waals surface area contributed by atoms with Crippen LogP contribution >= 0.6 is 0 Å². The van der Waals surface area contributed by atoms with Crippen molar-refractivity contribution in [3.05, 3.63) is 88.0 Å². The number of nitro groups is 1. The maximum absolute atomic E-state index is 12.8. The molecule has 1 amide bonds. The summed E-state index contributed by atoms with van der Waals surface area (Å²) in [5, 5.41) is 14.7. The number of aryl methyl sites for hydroxylation is 1. The molecule has 0 aromatic heterocycles. The zero-order valence-corrected chi connectivity index (χ0v) is 24.8. The first kappa shape index (κ1) is 32.2. The fourth-order valence-electron chi connectivity index (χ4n) is 3.53. The molecule has 3 aromatic carbocycles. The van der Waals surface area contributed by atoms with E-state index in [1.54, 1.807) is 32.9 Å². The number of nitrogens with one attached hydrogen (secondary N) is 2. The summed E-state index contributed by atoms with van der Waals surface area (Å²) < 4.78 is 64.2. The molecular formula is C27H30N4O9S2. The third-order valence-electron chi connectivity index (χ3n) is 5.75. The Bertz CT molecular complexity index is 1670. The molecule has 0 saturated carbocycles. The highest BCUT2D eigenvalue weighted by Crippen LogP contribution is 2.31. The molecule has 0 aliphatic heterocycles. The predicted molar refractivity (Wildman–Crippen MR) is 154 cm³/mol. The minimum atomic E-state index is -4.34. The van der Waals surface area contributed by atoms with Crippen LogP contribution in [0.2, 0.25) is 0 Å². The van der Waals surface area contributed by atoms with Gasteiger partial charge in [-0.3, -0.25) is 14.9 Å². The molecule has 0 unspecified atom stereocenters. The number of carbonyl (C=O) groups excluding carboxylic acids is 1. The zero-order valence-electron chi connectivity index (χ0n) is 23.2. The van der Waals surface area contributed by atoms with Crippen molar-refractivity contribution in [3.8, 4) is 11.5 Å². The number of carbonyl (C=O) groups is 1. The van der Waals surface area contributed by atoms with Gasteiger partial charge in [0.15, 0.2) is 11.5 Å². The number of nitro benzene ring substituents is 1. The molecule has 0 fully saturated rings. The minimum absolute atomic E-state index is 0.0244. The fraction of sp³-hybridized carbons (Fsp3) is 0.259. The summed E-state index contributed by atoms with van der Waals surface area (Å²) in [7, 11) is -8.32. The van der Waals surface area contributed by atoms with Crippen molar-refractivity contribution in [1.82, 2.24) is 10.1 Å². The SMILES string of the molecule is CCOc1cc(/C=N\NC(=O)[C@@H](NS(=O)(=O)c2ccc(C)cc2)C(C)C)ccc1OS(=O)(=O)c1ccc([N+](=O)[O-])cc1. The summed E-state index contributed by atoms with van der Waals surface area (Å²) in [6.45, 7) is 7.04. The number of ether oxygens (including phenoxy) is 1. The summed E-state index contributed by atoms with van der Waals surface area (Å²) in [5.41, 5.74) is 3.34. The first-order valence-corrected chi connectivity index (χ1v) is 15.5. The number of hydrazone groups is 1. The minimum Gasteiger partial charge on any atom is -0.490 e. The average molecular weight is 619 g/mol. The van der Waals surface area contributed by atoms with Crippen LogP contribution in [0, 0.1) is 23.0 Å². The van der Waals surface area contributed by atoms with Crippen molar-refractivity contribution in [1.29, 1.82) is 0 Å². The van der Waals surface area contributed by atoms with Gasteiger partial charge >= 0.3 is 10.1 Å². The smallest absolute Gasteiger partial charge is 0.339 e. The number of sulfonamides is 1. The van der Waals surface area contributed by atoms with Crippen molar-refractivity contribution < 1.29 is 35.5 Å². The number of hydrogen-bond acceptors (Lipinski definition) is 10. The second-order valence-electron chi connectivity index (χ2n) is 9.32. The van der Waals surface area contributed by atoms with E-state index in [9.17, 15) is 31.7 Å². The van der Waals surface area contributed by atoms with Gasteiger partial charge in [0.2, 0.25) is 10.0 Å². The van der Waals surface area contributed by atoms with E-state index in [0.29, 0.717) is 5.56 Å². The van der Waals surface area contributed by atoms with Crippen molar-refractivity contribution in [2.75, 3.05) is 6.61 Å². The first-order chi connectivity index (χ1) is 19.7. The van der Waals surface area contributed by atoms with Gasteiger partial charge < -0.3 is 8.92 Å². The number of hydrogen-bond donors (Lipinski definition) is 2. The molecule has 224 valence electrons. The second-order valence-corrected chi connectivity index (χ2v) is 12.6. The Morgan fingerprint density at radius 1 is 0.976 bits per heavy atom. The first-order valence-electron chi connectivity index (χ1n) is 12.6. The number of rotatable bonds is 13. The molecule has 3 aromatic rings. The maximum Gasteiger partial charge on any atom is 0.339 e. The Hall–Kier alpha value is -4.34. The Morgan fingerprint density at radius 3 is 2.17 bits per heavy atom. The van der Waals surface area contributed by atoms with Crippen LogP contribution in [0.25, 0.3) is 0 Å². The zero-order chi connectivity index (χ0) is 31.1. The van der Waals surface area contributed by atoms with Crippen molar-refractivity contribution in [2.45, 2.75) is 43.5 Å². The lowest BCUT2D eigenvalue weighted by Gasteiger charge is -2.20. The van der Waals surface area contributed by atoms with Crippen LogP contribution in [0.1, 0.15) is 31.9 Å². The van der Waals surface area contributed by atoms with Crippen LogP contribution in [0.3, 0.4) is 0 Å². The van der Waals surface area contributed by atoms with Gasteiger partial charge in [0.1, 0.15) is 10.9 Å². The molecule has 0 heterocycles. The van der Waals surface area contributed by atoms with Crippen molar-refractivity contribution >= 4 is 38.0 Å². The van der Waals surface area contributed by atoms with Gasteiger partial charge in [-0.15, -0.1) is 0 Å². The van der Waals surface area contributed by atoms with Crippen LogP contribution in [-0.2, 0) is 24.9 Å². The van der Waals surface area contributed by atoms with Crippen LogP contribution in [0.4, 0.5) is 5.69 Å². The topological polar surface area (TPSA) is 183 Å². The maximum atomic E-state index is 12.8. The van der Waals surface area contributed by atoms with Gasteiger partial charge in [0, 0.05) is 12.1 Å². The van der Waals surface area contributed by atoms with E-state index < -0.39 is 42.9 Å². The van der Waals surface area contributed by atoms with Crippen molar-refractivity contribution in [3.63, 3.8) is 0 Å². The highest BCUT2D eigenvalue weighted by molar-refractivity contribution is 7.89. The van der Waals surface area contributed by atoms with Crippen LogP contribution in [0.5, 0.6) is 11.5 Å². The predicted octanol–water partition coefficient (Wildman–Crippen LogP) is 3.52. The van der Waals surface area contributed by atoms with E-state index in [-0.39, 0.29) is 33.6 Å². The lowest BCUT2D eigenvalue weighted by Crippen LogP contribution is -2.48. The summed E-state index contributed by atoms with van der Waals surface area (Å²) in [5.74, 6) is -1.17. The number of benzene rings is 3. The van der Waals surface area contributed by atoms with Gasteiger partial charge in [-0.25, -0.2) is 13.8 Å². The van der Waals surface area contributed by atoms with Gasteiger partial charge in [0.05, 0.1) is 22.6 Å². The van der Waals surface area contributed by atoms with Crippen molar-refractivity contribution in [2.24, 2.45) is 11.0 Å². The third kappa shape index (κ3) is 8.34. The van der Waals surface area contributed by atoms with E-state index in [0.717, 1.165) is 29.8 Å². The van der Waals surface area contributed by atoms with E-state index in [4.69, 9.17) is 8.92 Å². The molecule has 3 rings (SSSR count). The number of nitrogens with zero attached hydrogens (tertiary/aromatic N) is 2. The fourth-order valence-corrected chi connectivity index (χ4v) is 5.81. The standard InChI is InChI=1S/C27H30N4O9S2/c1-5-39-25-16-20(8-15-24(25)40-42(37,38)23-13-9-21(10-14-23)31(33)34)17-28-29-27(32)26(18(2)3)30-41(35,36)22-11-6-19(4)7-12-22/h6-18,26,30H,5H2,1-4H3,(H,29,32)/b28-17-/t26-/m0/s1. The van der Waals surface area contributed by atoms with Gasteiger partial charge in [-0.05, 0) is 67.8 Å². The van der Waals surface area contributed by atoms with E-state index in [1.807, 2.05) is 6.92 Å². The highest BCUT2D eigenvalue weighted by Gasteiger charge is 2.28. The Morgan fingerprint density at radius 2 is 1.60 bits per heavy atom. The summed E-state index contributed by atoms with van der Waals surface area (Å²) in [6, 6.07) is 13.5. The third-order valence-corrected chi connectivity index (χ3v) is 8.46. The molecule has 0 bridgehead atoms. The lowest BCUT2D eigenvalue weighted by molar-refractivity contribution is -0.384. The normalized spacial score (nSPS) is 12.7. The average Bonchev–Trinajstić information content (AvgIpc) is 2.93. The summed E-state index contributed by atoms with van der Waals surface area (Å²) >= 11 is 0. The molecular weight excluding hydrogens is 588 g/mol. The molecule has 0 aliphatic rings. The molecule has 42 heavy (non-hydrogen) atoms. The van der Waals surface area contributed by atoms with Gasteiger partial charge in [-0.1, -0.05) is 31.5 Å². The van der Waals surface area contributed by atoms with E-state index in [1.165, 1.54) is 36.5 Å². The highest BCUT2D eigenvalue weighted by atomic mass is 32.2. The molecule has 15 heteroatoms. The van der Waals surface area contributed by atoms with Gasteiger partial charge in [0.25, 0.3) is 11.6 Å². The van der Waals surface area contributed by atoms with Crippen LogP contribution in [0.15, 0.2) is 81.6 Å². The monoisotopic (exact) mass is 618 g/mol. The van der Waals surface area contributed by atoms with E-state index in [2.05, 4.69) is 15.2 Å². The van der Waals surface area contributed by atoms with Crippen LogP contribution < -0.4 is 19.1 Å². The Kier molecular flexibility index (Phi) is 10.4. The van der Waals surface area contributed by atoms with Crippen LogP contribution in [-0.4, -0.2) is 46.5 Å². The molecule has 0 saturated heterocycles. The van der Waals surface area contributed by atoms with E-state index >= 15 is 0 Å². The molecule has 0 spiro atoms.